The molecule has 22 heavy (non-hydrogen) atoms. The molecule has 1 aliphatic rings. The number of methoxy groups -OCH3 is 2. The van der Waals surface area contributed by atoms with E-state index >= 15 is 0 Å². The highest BCUT2D eigenvalue weighted by molar-refractivity contribution is 5.63. The van der Waals surface area contributed by atoms with Gasteiger partial charge in [-0.25, -0.2) is 0 Å². The van der Waals surface area contributed by atoms with E-state index < -0.39 is 11.2 Å². The number of rotatable bonds is 2. The zero-order valence-electron chi connectivity index (χ0n) is 12.6. The number of ether oxygens (including phenoxy) is 2. The van der Waals surface area contributed by atoms with Gasteiger partial charge in [-0.1, -0.05) is 60.4 Å². The molecule has 0 saturated heterocycles. The van der Waals surface area contributed by atoms with Crippen LogP contribution >= 0.6 is 0 Å². The Labute approximate surface area is 131 Å². The molecule has 0 unspecified atom stereocenters. The van der Waals surface area contributed by atoms with Gasteiger partial charge in [-0.3, -0.25) is 0 Å². The molecular weight excluding hydrogens is 272 g/mol. The molecule has 0 amide bonds. The Kier molecular flexibility index (Phi) is 3.30. The molecule has 1 aliphatic carbocycles. The van der Waals surface area contributed by atoms with Crippen LogP contribution in [-0.2, 0) is 20.7 Å². The molecule has 0 atom stereocenters. The van der Waals surface area contributed by atoms with Crippen molar-refractivity contribution in [2.24, 2.45) is 0 Å². The minimum absolute atomic E-state index is 0.846. The smallest absolute Gasteiger partial charge is 0.179 e. The van der Waals surface area contributed by atoms with Crippen LogP contribution in [0, 0.1) is 24.7 Å². The van der Waals surface area contributed by atoms with E-state index in [9.17, 15) is 0 Å². The van der Waals surface area contributed by atoms with Crippen LogP contribution in [0.25, 0.3) is 0 Å². The van der Waals surface area contributed by atoms with Crippen LogP contribution in [0.15, 0.2) is 48.5 Å². The maximum atomic E-state index is 5.88. The van der Waals surface area contributed by atoms with Gasteiger partial charge in [0.2, 0.25) is 0 Å². The average Bonchev–Trinajstić information content (AvgIpc) is 2.60. The van der Waals surface area contributed by atoms with Crippen molar-refractivity contribution in [1.29, 1.82) is 0 Å². The molecule has 0 spiro atoms. The number of fused-ring (bicyclic) bond motifs is 2. The van der Waals surface area contributed by atoms with Gasteiger partial charge in [-0.15, -0.1) is 12.8 Å². The van der Waals surface area contributed by atoms with Gasteiger partial charge in [0.15, 0.2) is 11.2 Å². The van der Waals surface area contributed by atoms with Gasteiger partial charge in [-0.05, 0) is 0 Å². The van der Waals surface area contributed by atoms with Crippen LogP contribution < -0.4 is 0 Å². The summed E-state index contributed by atoms with van der Waals surface area (Å²) in [4.78, 5) is 0. The highest BCUT2D eigenvalue weighted by Gasteiger charge is 2.50. The van der Waals surface area contributed by atoms with Gasteiger partial charge in [-0.2, -0.15) is 0 Å². The molecule has 3 rings (SSSR count). The summed E-state index contributed by atoms with van der Waals surface area (Å²) in [5.74, 6) is 5.64. The highest BCUT2D eigenvalue weighted by Crippen LogP contribution is 2.50. The summed E-state index contributed by atoms with van der Waals surface area (Å²) in [6.07, 6.45) is 11.8. The average molecular weight is 288 g/mol. The quantitative estimate of drug-likeness (QED) is 0.791. The zero-order valence-corrected chi connectivity index (χ0v) is 12.6. The van der Waals surface area contributed by atoms with Crippen LogP contribution in [0.1, 0.15) is 22.3 Å². The lowest BCUT2D eigenvalue weighted by Gasteiger charge is -2.43. The van der Waals surface area contributed by atoms with Crippen molar-refractivity contribution in [2.75, 3.05) is 14.2 Å². The Balaban J connectivity index is 2.51. The standard InChI is InChI=1S/C20H16O2/c1-5-19(21-3)15-11-7-9-13-17(15)20(6-2,22-4)18-14-10-8-12-16(18)19/h1-2,7-14H,3-4H3. The van der Waals surface area contributed by atoms with E-state index in [0.717, 1.165) is 22.3 Å². The van der Waals surface area contributed by atoms with E-state index in [2.05, 4.69) is 11.8 Å². The van der Waals surface area contributed by atoms with Gasteiger partial charge in [0.05, 0.1) is 0 Å². The third-order valence-corrected chi connectivity index (χ3v) is 4.39. The first-order valence-corrected chi connectivity index (χ1v) is 6.96. The molecule has 0 aromatic heterocycles. The summed E-state index contributed by atoms with van der Waals surface area (Å²) in [7, 11) is 3.23. The Hall–Kier alpha value is -2.52. The Morgan fingerprint density at radius 2 is 0.955 bits per heavy atom. The van der Waals surface area contributed by atoms with Crippen molar-refractivity contribution in [3.05, 3.63) is 70.8 Å². The molecule has 0 fully saturated rings. The number of hydrogen-bond acceptors (Lipinski definition) is 2. The molecule has 2 heteroatoms. The van der Waals surface area contributed by atoms with E-state index in [4.69, 9.17) is 22.3 Å². The van der Waals surface area contributed by atoms with Crippen molar-refractivity contribution in [3.8, 4) is 24.7 Å². The number of terminal acetylenes is 2. The first-order valence-electron chi connectivity index (χ1n) is 6.96. The van der Waals surface area contributed by atoms with Crippen molar-refractivity contribution in [1.82, 2.24) is 0 Å². The molecule has 0 bridgehead atoms. The lowest BCUT2D eigenvalue weighted by atomic mass is 9.68. The molecular formula is C20H16O2. The van der Waals surface area contributed by atoms with E-state index in [1.54, 1.807) is 14.2 Å². The minimum atomic E-state index is -0.966. The fourth-order valence-electron chi connectivity index (χ4n) is 3.35. The second-order valence-corrected chi connectivity index (χ2v) is 5.15. The van der Waals surface area contributed by atoms with Crippen LogP contribution in [0.5, 0.6) is 0 Å². The van der Waals surface area contributed by atoms with E-state index in [1.165, 1.54) is 0 Å². The van der Waals surface area contributed by atoms with Crippen molar-refractivity contribution in [2.45, 2.75) is 11.2 Å². The molecule has 2 nitrogen and oxygen atoms in total. The van der Waals surface area contributed by atoms with Crippen LogP contribution in [-0.4, -0.2) is 14.2 Å². The Bertz CT molecular complexity index is 689. The first kappa shape index (κ1) is 14.4. The Morgan fingerprint density at radius 1 is 0.682 bits per heavy atom. The summed E-state index contributed by atoms with van der Waals surface area (Å²) in [6, 6.07) is 15.5. The second-order valence-electron chi connectivity index (χ2n) is 5.15. The van der Waals surface area contributed by atoms with Crippen LogP contribution in [0.2, 0.25) is 0 Å². The van der Waals surface area contributed by atoms with Gasteiger partial charge in [0.1, 0.15) is 0 Å². The molecule has 0 radical (unpaired) electrons. The maximum Gasteiger partial charge on any atom is 0.179 e. The van der Waals surface area contributed by atoms with Crippen molar-refractivity contribution >= 4 is 0 Å². The summed E-state index contributed by atoms with van der Waals surface area (Å²) in [6.45, 7) is 0. The number of benzene rings is 2. The third-order valence-electron chi connectivity index (χ3n) is 4.39. The predicted molar refractivity (Wildman–Crippen MR) is 86.1 cm³/mol. The topological polar surface area (TPSA) is 18.5 Å². The minimum Gasteiger partial charge on any atom is -0.357 e. The first-order chi connectivity index (χ1) is 10.7. The maximum absolute atomic E-state index is 5.88. The largest absolute Gasteiger partial charge is 0.357 e. The van der Waals surface area contributed by atoms with Crippen molar-refractivity contribution in [3.63, 3.8) is 0 Å². The highest BCUT2D eigenvalue weighted by atomic mass is 16.5. The second kappa shape index (κ2) is 5.04. The van der Waals surface area contributed by atoms with Gasteiger partial charge in [0.25, 0.3) is 0 Å². The van der Waals surface area contributed by atoms with Gasteiger partial charge < -0.3 is 9.47 Å². The molecule has 2 aromatic carbocycles. The monoisotopic (exact) mass is 288 g/mol. The lowest BCUT2D eigenvalue weighted by Crippen LogP contribution is -2.43. The molecule has 2 aromatic rings. The summed E-state index contributed by atoms with van der Waals surface area (Å²) in [5, 5.41) is 0. The summed E-state index contributed by atoms with van der Waals surface area (Å²) >= 11 is 0. The summed E-state index contributed by atoms with van der Waals surface area (Å²) < 4.78 is 11.6. The predicted octanol–water partition coefficient (Wildman–Crippen LogP) is 3.05. The molecule has 108 valence electrons. The van der Waals surface area contributed by atoms with E-state index in [0.29, 0.717) is 0 Å². The van der Waals surface area contributed by atoms with Gasteiger partial charge >= 0.3 is 0 Å². The molecule has 0 saturated carbocycles. The fraction of sp³-hybridized carbons (Fsp3) is 0.200. The molecule has 0 aliphatic heterocycles. The van der Waals surface area contributed by atoms with Crippen LogP contribution in [0.4, 0.5) is 0 Å². The number of hydrogen-bond donors (Lipinski definition) is 0. The SMILES string of the molecule is C#CC1(OC)c2ccccc2C(C#C)(OC)c2ccccc21. The Morgan fingerprint density at radius 3 is 1.14 bits per heavy atom. The van der Waals surface area contributed by atoms with E-state index in [1.807, 2.05) is 48.5 Å². The summed E-state index contributed by atoms with van der Waals surface area (Å²) in [5.41, 5.74) is 1.45. The van der Waals surface area contributed by atoms with E-state index in [-0.39, 0.29) is 0 Å². The van der Waals surface area contributed by atoms with Gasteiger partial charge in [0, 0.05) is 36.5 Å². The fourth-order valence-corrected chi connectivity index (χ4v) is 3.35. The third kappa shape index (κ3) is 1.54. The molecule has 0 N–H and O–H groups in total. The zero-order chi connectivity index (χ0) is 15.8. The lowest BCUT2D eigenvalue weighted by molar-refractivity contribution is 0.0331. The van der Waals surface area contributed by atoms with Crippen molar-refractivity contribution < 1.29 is 9.47 Å². The normalized spacial score (nSPS) is 25.5. The van der Waals surface area contributed by atoms with Crippen LogP contribution in [0.3, 0.4) is 0 Å². The molecule has 0 heterocycles.